The predicted octanol–water partition coefficient (Wildman–Crippen LogP) is 2.20. The SMILES string of the molecule is O=C(NC[C@H]1COc2ccccc2O1)N[C@H](CN1CCOCC1)c1ccccc1. The van der Waals surface area contributed by atoms with E-state index in [1.165, 1.54) is 0 Å². The number of urea groups is 1. The lowest BCUT2D eigenvalue weighted by Gasteiger charge is -2.31. The molecule has 0 aromatic heterocycles. The Morgan fingerprint density at radius 3 is 2.55 bits per heavy atom. The number of ether oxygens (including phenoxy) is 3. The van der Waals surface area contributed by atoms with E-state index in [9.17, 15) is 4.79 Å². The molecule has 1 saturated heterocycles. The van der Waals surface area contributed by atoms with Gasteiger partial charge in [0.15, 0.2) is 17.6 Å². The first-order valence-electron chi connectivity index (χ1n) is 10.1. The summed E-state index contributed by atoms with van der Waals surface area (Å²) in [6.07, 6.45) is -0.218. The van der Waals surface area contributed by atoms with Gasteiger partial charge in [-0.2, -0.15) is 0 Å². The number of rotatable bonds is 6. The van der Waals surface area contributed by atoms with Crippen molar-refractivity contribution in [3.05, 3.63) is 60.2 Å². The van der Waals surface area contributed by atoms with Crippen LogP contribution in [-0.2, 0) is 4.74 Å². The van der Waals surface area contributed by atoms with Crippen LogP contribution in [-0.4, -0.2) is 63.0 Å². The molecule has 2 aromatic carbocycles. The minimum atomic E-state index is -0.218. The van der Waals surface area contributed by atoms with Crippen molar-refractivity contribution in [2.45, 2.75) is 12.1 Å². The molecular formula is C22H27N3O4. The Bertz CT molecular complexity index is 796. The Balaban J connectivity index is 1.31. The summed E-state index contributed by atoms with van der Waals surface area (Å²) >= 11 is 0. The molecule has 0 unspecified atom stereocenters. The van der Waals surface area contributed by atoms with Crippen LogP contribution < -0.4 is 20.1 Å². The van der Waals surface area contributed by atoms with Crippen molar-refractivity contribution in [3.63, 3.8) is 0 Å². The van der Waals surface area contributed by atoms with Crippen LogP contribution in [0.4, 0.5) is 4.79 Å². The summed E-state index contributed by atoms with van der Waals surface area (Å²) in [7, 11) is 0. The van der Waals surface area contributed by atoms with E-state index >= 15 is 0 Å². The van der Waals surface area contributed by atoms with Gasteiger partial charge in [-0.3, -0.25) is 4.90 Å². The first-order chi connectivity index (χ1) is 14.3. The first kappa shape index (κ1) is 19.5. The van der Waals surface area contributed by atoms with Crippen molar-refractivity contribution < 1.29 is 19.0 Å². The first-order valence-corrected chi connectivity index (χ1v) is 10.1. The third kappa shape index (κ3) is 5.40. The Morgan fingerprint density at radius 2 is 1.76 bits per heavy atom. The number of carbonyl (C=O) groups excluding carboxylic acids is 1. The van der Waals surface area contributed by atoms with Gasteiger partial charge in [0.05, 0.1) is 25.8 Å². The second-order valence-corrected chi connectivity index (χ2v) is 7.23. The highest BCUT2D eigenvalue weighted by molar-refractivity contribution is 5.74. The molecule has 2 amide bonds. The third-order valence-electron chi connectivity index (χ3n) is 5.11. The highest BCUT2D eigenvalue weighted by Crippen LogP contribution is 2.30. The number of amides is 2. The highest BCUT2D eigenvalue weighted by atomic mass is 16.6. The molecule has 2 aliphatic rings. The maximum atomic E-state index is 12.6. The van der Waals surface area contributed by atoms with Gasteiger partial charge in [0.1, 0.15) is 6.61 Å². The smallest absolute Gasteiger partial charge is 0.315 e. The summed E-state index contributed by atoms with van der Waals surface area (Å²) in [6, 6.07) is 17.3. The van der Waals surface area contributed by atoms with E-state index in [0.29, 0.717) is 18.9 Å². The molecule has 0 radical (unpaired) electrons. The maximum Gasteiger partial charge on any atom is 0.315 e. The van der Waals surface area contributed by atoms with Crippen LogP contribution in [0.2, 0.25) is 0 Å². The van der Waals surface area contributed by atoms with Crippen molar-refractivity contribution in [3.8, 4) is 11.5 Å². The number of hydrogen-bond donors (Lipinski definition) is 2. The molecule has 7 heteroatoms. The molecule has 2 aromatic rings. The van der Waals surface area contributed by atoms with Crippen LogP contribution in [0, 0.1) is 0 Å². The summed E-state index contributed by atoms with van der Waals surface area (Å²) < 4.78 is 17.0. The van der Waals surface area contributed by atoms with E-state index < -0.39 is 0 Å². The number of para-hydroxylation sites is 2. The fraction of sp³-hybridized carbons (Fsp3) is 0.409. The number of morpholine rings is 1. The minimum absolute atomic E-state index is 0.0986. The zero-order chi connectivity index (χ0) is 19.9. The maximum absolute atomic E-state index is 12.6. The second-order valence-electron chi connectivity index (χ2n) is 7.23. The monoisotopic (exact) mass is 397 g/mol. The van der Waals surface area contributed by atoms with Crippen LogP contribution >= 0.6 is 0 Å². The molecule has 0 saturated carbocycles. The van der Waals surface area contributed by atoms with E-state index in [0.717, 1.165) is 44.2 Å². The molecule has 4 rings (SSSR count). The highest BCUT2D eigenvalue weighted by Gasteiger charge is 2.23. The molecule has 2 N–H and O–H groups in total. The van der Waals surface area contributed by atoms with E-state index in [1.54, 1.807) is 0 Å². The Morgan fingerprint density at radius 1 is 1.03 bits per heavy atom. The topological polar surface area (TPSA) is 72.1 Å². The normalized spacial score (nSPS) is 19.9. The largest absolute Gasteiger partial charge is 0.486 e. The molecule has 29 heavy (non-hydrogen) atoms. The molecule has 0 spiro atoms. The fourth-order valence-corrected chi connectivity index (χ4v) is 3.54. The van der Waals surface area contributed by atoms with Crippen molar-refractivity contribution in [1.29, 1.82) is 0 Å². The van der Waals surface area contributed by atoms with Gasteiger partial charge in [-0.25, -0.2) is 4.79 Å². The molecule has 1 fully saturated rings. The number of hydrogen-bond acceptors (Lipinski definition) is 5. The van der Waals surface area contributed by atoms with E-state index in [-0.39, 0.29) is 18.2 Å². The zero-order valence-corrected chi connectivity index (χ0v) is 16.4. The molecule has 2 atom stereocenters. The molecular weight excluding hydrogens is 370 g/mol. The van der Waals surface area contributed by atoms with Crippen molar-refractivity contribution in [2.75, 3.05) is 46.0 Å². The lowest BCUT2D eigenvalue weighted by atomic mass is 10.1. The molecule has 7 nitrogen and oxygen atoms in total. The average Bonchev–Trinajstić information content (AvgIpc) is 2.78. The van der Waals surface area contributed by atoms with Gasteiger partial charge in [-0.1, -0.05) is 42.5 Å². The van der Waals surface area contributed by atoms with E-state index in [1.807, 2.05) is 54.6 Å². The molecule has 0 aliphatic carbocycles. The van der Waals surface area contributed by atoms with Crippen molar-refractivity contribution >= 4 is 6.03 Å². The lowest BCUT2D eigenvalue weighted by molar-refractivity contribution is 0.0339. The lowest BCUT2D eigenvalue weighted by Crippen LogP contribution is -2.48. The molecule has 0 bridgehead atoms. The number of carbonyl (C=O) groups is 1. The van der Waals surface area contributed by atoms with Gasteiger partial charge in [-0.05, 0) is 17.7 Å². The number of nitrogens with one attached hydrogen (secondary N) is 2. The van der Waals surface area contributed by atoms with Gasteiger partial charge in [0.25, 0.3) is 0 Å². The van der Waals surface area contributed by atoms with Crippen molar-refractivity contribution in [2.24, 2.45) is 0 Å². The van der Waals surface area contributed by atoms with Crippen LogP contribution in [0.5, 0.6) is 11.5 Å². The Hall–Kier alpha value is -2.77. The average molecular weight is 397 g/mol. The summed E-state index contributed by atoms with van der Waals surface area (Å²) in [4.78, 5) is 14.9. The standard InChI is InChI=1S/C22H27N3O4/c26-22(23-14-18-16-28-20-8-4-5-9-21(20)29-18)24-19(17-6-2-1-3-7-17)15-25-10-12-27-13-11-25/h1-9,18-19H,10-16H2,(H2,23,24,26)/t18-,19+/m0/s1. The van der Waals surface area contributed by atoms with Gasteiger partial charge < -0.3 is 24.8 Å². The summed E-state index contributed by atoms with van der Waals surface area (Å²) in [5, 5.41) is 6.03. The molecule has 2 heterocycles. The van der Waals surface area contributed by atoms with Crippen LogP contribution in [0.1, 0.15) is 11.6 Å². The Kier molecular flexibility index (Phi) is 6.49. The van der Waals surface area contributed by atoms with Crippen LogP contribution in [0.25, 0.3) is 0 Å². The fourth-order valence-electron chi connectivity index (χ4n) is 3.54. The van der Waals surface area contributed by atoms with Crippen LogP contribution in [0.3, 0.4) is 0 Å². The minimum Gasteiger partial charge on any atom is -0.486 e. The van der Waals surface area contributed by atoms with E-state index in [2.05, 4.69) is 15.5 Å². The second kappa shape index (κ2) is 9.62. The summed E-state index contributed by atoms with van der Waals surface area (Å²) in [5.74, 6) is 1.45. The van der Waals surface area contributed by atoms with Gasteiger partial charge in [-0.15, -0.1) is 0 Å². The van der Waals surface area contributed by atoms with Gasteiger partial charge >= 0.3 is 6.03 Å². The molecule has 154 valence electrons. The number of fused-ring (bicyclic) bond motifs is 1. The summed E-state index contributed by atoms with van der Waals surface area (Å²) in [5.41, 5.74) is 1.08. The Labute approximate surface area is 170 Å². The van der Waals surface area contributed by atoms with Crippen molar-refractivity contribution in [1.82, 2.24) is 15.5 Å². The summed E-state index contributed by atoms with van der Waals surface area (Å²) in [6.45, 7) is 4.74. The van der Waals surface area contributed by atoms with Gasteiger partial charge in [0, 0.05) is 19.6 Å². The number of benzene rings is 2. The third-order valence-corrected chi connectivity index (χ3v) is 5.11. The number of nitrogens with zero attached hydrogens (tertiary/aromatic N) is 1. The quantitative estimate of drug-likeness (QED) is 0.782. The predicted molar refractivity (Wildman–Crippen MR) is 109 cm³/mol. The van der Waals surface area contributed by atoms with Crippen LogP contribution in [0.15, 0.2) is 54.6 Å². The molecule has 2 aliphatic heterocycles. The van der Waals surface area contributed by atoms with Gasteiger partial charge in [0.2, 0.25) is 0 Å². The van der Waals surface area contributed by atoms with E-state index in [4.69, 9.17) is 14.2 Å². The zero-order valence-electron chi connectivity index (χ0n) is 16.4.